The molecule has 3 aromatic rings. The largest absolute Gasteiger partial charge is 0.0654 e. The summed E-state index contributed by atoms with van der Waals surface area (Å²) in [7, 11) is 0. The number of hydrogen-bond acceptors (Lipinski definition) is 0. The number of rotatable bonds is 9. The van der Waals surface area contributed by atoms with Crippen LogP contribution >= 0.6 is 0 Å². The predicted octanol–water partition coefficient (Wildman–Crippen LogP) is 7.68. The molecule has 0 heteroatoms. The highest BCUT2D eigenvalue weighted by molar-refractivity contribution is 5.99. The van der Waals surface area contributed by atoms with Crippen LogP contribution in [0.4, 0.5) is 0 Å². The van der Waals surface area contributed by atoms with Gasteiger partial charge in [0.25, 0.3) is 0 Å². The van der Waals surface area contributed by atoms with Crippen LogP contribution in [0.15, 0.2) is 54.6 Å². The first-order chi connectivity index (χ1) is 11.9. The molecular weight excluding hydrogens is 288 g/mol. The second kappa shape index (κ2) is 8.87. The molecule has 0 atom stereocenters. The summed E-state index contributed by atoms with van der Waals surface area (Å²) in [5, 5.41) is 5.52. The Balaban J connectivity index is 1.59. The Morgan fingerprint density at radius 2 is 1.21 bits per heavy atom. The molecule has 0 nitrogen and oxygen atoms in total. The molecule has 0 amide bonds. The van der Waals surface area contributed by atoms with Gasteiger partial charge in [-0.3, -0.25) is 0 Å². The molecule has 0 bridgehead atoms. The van der Waals surface area contributed by atoms with Gasteiger partial charge in [0.1, 0.15) is 0 Å². The van der Waals surface area contributed by atoms with Crippen LogP contribution in [0.2, 0.25) is 0 Å². The molecule has 0 aliphatic rings. The first-order valence-corrected chi connectivity index (χ1v) is 9.79. The molecule has 0 aromatic heterocycles. The highest BCUT2D eigenvalue weighted by Gasteiger charge is 2.03. The fourth-order valence-corrected chi connectivity index (χ4v) is 3.70. The first-order valence-electron chi connectivity index (χ1n) is 9.79. The van der Waals surface area contributed by atoms with Crippen LogP contribution in [0, 0.1) is 0 Å². The standard InChI is InChI=1S/C24H30/c1-2-3-4-5-6-7-8-9-13-20-16-12-17-23-18-21-14-10-11-15-22(21)19-24(20)23/h10-12,14-19H,2-9,13H2,1H3. The van der Waals surface area contributed by atoms with Crippen LogP contribution in [0.3, 0.4) is 0 Å². The van der Waals surface area contributed by atoms with Crippen LogP contribution in [-0.2, 0) is 6.42 Å². The minimum Gasteiger partial charge on any atom is -0.0654 e. The number of hydrogen-bond donors (Lipinski definition) is 0. The van der Waals surface area contributed by atoms with Crippen molar-refractivity contribution in [2.24, 2.45) is 0 Å². The van der Waals surface area contributed by atoms with Crippen LogP contribution in [0.1, 0.15) is 63.9 Å². The van der Waals surface area contributed by atoms with Crippen molar-refractivity contribution < 1.29 is 0 Å². The summed E-state index contributed by atoms with van der Waals surface area (Å²) in [6.07, 6.45) is 12.3. The maximum absolute atomic E-state index is 2.38. The summed E-state index contributed by atoms with van der Waals surface area (Å²) in [5.41, 5.74) is 1.52. The quantitative estimate of drug-likeness (QED) is 0.280. The van der Waals surface area contributed by atoms with E-state index in [4.69, 9.17) is 0 Å². The van der Waals surface area contributed by atoms with E-state index in [1.54, 1.807) is 0 Å². The number of benzene rings is 3. The van der Waals surface area contributed by atoms with Gasteiger partial charge in [-0.2, -0.15) is 0 Å². The Hall–Kier alpha value is -1.82. The molecule has 0 aliphatic carbocycles. The molecule has 3 rings (SSSR count). The van der Waals surface area contributed by atoms with E-state index in [1.165, 1.54) is 84.9 Å². The lowest BCUT2D eigenvalue weighted by Crippen LogP contribution is -1.89. The summed E-state index contributed by atoms with van der Waals surface area (Å²) in [6.45, 7) is 2.29. The van der Waals surface area contributed by atoms with E-state index in [9.17, 15) is 0 Å². The third kappa shape index (κ3) is 4.38. The molecule has 0 unspecified atom stereocenters. The predicted molar refractivity (Wildman–Crippen MR) is 108 cm³/mol. The van der Waals surface area contributed by atoms with E-state index in [2.05, 4.69) is 61.5 Å². The van der Waals surface area contributed by atoms with Crippen molar-refractivity contribution in [1.29, 1.82) is 0 Å². The van der Waals surface area contributed by atoms with Gasteiger partial charge >= 0.3 is 0 Å². The topological polar surface area (TPSA) is 0 Å². The van der Waals surface area contributed by atoms with E-state index in [0.717, 1.165) is 0 Å². The average molecular weight is 319 g/mol. The minimum absolute atomic E-state index is 1.21. The third-order valence-corrected chi connectivity index (χ3v) is 5.14. The average Bonchev–Trinajstić information content (AvgIpc) is 2.62. The number of aryl methyl sites for hydroxylation is 1. The number of unbranched alkanes of at least 4 members (excludes halogenated alkanes) is 7. The van der Waals surface area contributed by atoms with Crippen LogP contribution in [0.25, 0.3) is 21.5 Å². The molecule has 0 radical (unpaired) electrons. The highest BCUT2D eigenvalue weighted by Crippen LogP contribution is 2.26. The fourth-order valence-electron chi connectivity index (χ4n) is 3.70. The second-order valence-corrected chi connectivity index (χ2v) is 7.06. The van der Waals surface area contributed by atoms with Crippen LogP contribution in [0.5, 0.6) is 0 Å². The van der Waals surface area contributed by atoms with Gasteiger partial charge in [-0.05, 0) is 52.1 Å². The van der Waals surface area contributed by atoms with Crippen molar-refractivity contribution in [3.63, 3.8) is 0 Å². The van der Waals surface area contributed by atoms with Crippen molar-refractivity contribution in [1.82, 2.24) is 0 Å². The molecule has 24 heavy (non-hydrogen) atoms. The van der Waals surface area contributed by atoms with Gasteiger partial charge in [-0.15, -0.1) is 0 Å². The van der Waals surface area contributed by atoms with Crippen molar-refractivity contribution in [2.45, 2.75) is 64.7 Å². The van der Waals surface area contributed by atoms with Crippen molar-refractivity contribution >= 4 is 21.5 Å². The van der Waals surface area contributed by atoms with Gasteiger partial charge < -0.3 is 0 Å². The zero-order chi connectivity index (χ0) is 16.6. The second-order valence-electron chi connectivity index (χ2n) is 7.06. The smallest absolute Gasteiger partial charge is 0.0146 e. The van der Waals surface area contributed by atoms with Crippen molar-refractivity contribution in [2.75, 3.05) is 0 Å². The molecule has 0 spiro atoms. The zero-order valence-electron chi connectivity index (χ0n) is 15.1. The third-order valence-electron chi connectivity index (χ3n) is 5.14. The van der Waals surface area contributed by atoms with Gasteiger partial charge in [0.15, 0.2) is 0 Å². The lowest BCUT2D eigenvalue weighted by atomic mass is 9.96. The summed E-state index contributed by atoms with van der Waals surface area (Å²) in [5.74, 6) is 0. The van der Waals surface area contributed by atoms with E-state index < -0.39 is 0 Å². The van der Waals surface area contributed by atoms with E-state index in [1.807, 2.05) is 0 Å². The molecular formula is C24H30. The lowest BCUT2D eigenvalue weighted by Gasteiger charge is -2.09. The Morgan fingerprint density at radius 1 is 0.583 bits per heavy atom. The Bertz CT molecular complexity index is 769. The minimum atomic E-state index is 1.21. The summed E-state index contributed by atoms with van der Waals surface area (Å²) < 4.78 is 0. The van der Waals surface area contributed by atoms with E-state index in [-0.39, 0.29) is 0 Å². The summed E-state index contributed by atoms with van der Waals surface area (Å²) in [6, 6.07) is 20.2. The van der Waals surface area contributed by atoms with Crippen LogP contribution in [-0.4, -0.2) is 0 Å². The maximum Gasteiger partial charge on any atom is -0.0146 e. The van der Waals surface area contributed by atoms with Crippen molar-refractivity contribution in [3.05, 3.63) is 60.2 Å². The Labute approximate surface area is 146 Å². The SMILES string of the molecule is CCCCCCCCCCc1cccc2cc3ccccc3cc12. The molecule has 126 valence electrons. The van der Waals surface area contributed by atoms with Gasteiger partial charge in [0.2, 0.25) is 0 Å². The van der Waals surface area contributed by atoms with Crippen LogP contribution < -0.4 is 0 Å². The summed E-state index contributed by atoms with van der Waals surface area (Å²) in [4.78, 5) is 0. The van der Waals surface area contributed by atoms with E-state index in [0.29, 0.717) is 0 Å². The van der Waals surface area contributed by atoms with Gasteiger partial charge in [0, 0.05) is 0 Å². The monoisotopic (exact) mass is 318 g/mol. The maximum atomic E-state index is 2.38. The molecule has 0 heterocycles. The zero-order valence-corrected chi connectivity index (χ0v) is 15.1. The molecule has 0 N–H and O–H groups in total. The highest BCUT2D eigenvalue weighted by atomic mass is 14.1. The van der Waals surface area contributed by atoms with E-state index >= 15 is 0 Å². The number of fused-ring (bicyclic) bond motifs is 2. The fraction of sp³-hybridized carbons (Fsp3) is 0.417. The van der Waals surface area contributed by atoms with Gasteiger partial charge in [-0.1, -0.05) is 94.3 Å². The van der Waals surface area contributed by atoms with Gasteiger partial charge in [0.05, 0.1) is 0 Å². The molecule has 0 fully saturated rings. The van der Waals surface area contributed by atoms with Crippen molar-refractivity contribution in [3.8, 4) is 0 Å². The lowest BCUT2D eigenvalue weighted by molar-refractivity contribution is 0.576. The molecule has 0 saturated carbocycles. The Morgan fingerprint density at radius 3 is 1.96 bits per heavy atom. The molecule has 0 aliphatic heterocycles. The van der Waals surface area contributed by atoms with Gasteiger partial charge in [-0.25, -0.2) is 0 Å². The summed E-state index contributed by atoms with van der Waals surface area (Å²) >= 11 is 0. The normalized spacial score (nSPS) is 11.4. The molecule has 3 aromatic carbocycles. The first kappa shape index (κ1) is 17.0. The molecule has 0 saturated heterocycles. The Kier molecular flexibility index (Phi) is 6.29.